The van der Waals surface area contributed by atoms with E-state index in [1.54, 1.807) is 42.5 Å². The predicted octanol–water partition coefficient (Wildman–Crippen LogP) is 5.39. The van der Waals surface area contributed by atoms with Gasteiger partial charge in [-0.05, 0) is 67.9 Å². The molecule has 0 radical (unpaired) electrons. The maximum Gasteiger partial charge on any atom is 0.262 e. The minimum absolute atomic E-state index is 0.0688. The van der Waals surface area contributed by atoms with E-state index in [0.717, 1.165) is 5.56 Å². The third-order valence-corrected chi connectivity index (χ3v) is 4.85. The van der Waals surface area contributed by atoms with Crippen LogP contribution in [0.3, 0.4) is 0 Å². The van der Waals surface area contributed by atoms with E-state index in [1.165, 1.54) is 0 Å². The fourth-order valence-corrected chi connectivity index (χ4v) is 3.36. The molecule has 0 aliphatic rings. The first-order chi connectivity index (χ1) is 15.5. The molecule has 32 heavy (non-hydrogen) atoms. The van der Waals surface area contributed by atoms with Gasteiger partial charge in [-0.1, -0.05) is 24.3 Å². The molecule has 6 nitrogen and oxygen atoms in total. The van der Waals surface area contributed by atoms with Crippen LogP contribution in [0.1, 0.15) is 28.6 Å². The van der Waals surface area contributed by atoms with Gasteiger partial charge >= 0.3 is 0 Å². The maximum atomic E-state index is 13.2. The number of para-hydroxylation sites is 1. The molecule has 0 saturated heterocycles. The molecule has 0 aliphatic carbocycles. The number of hydrogen-bond donors (Lipinski definition) is 1. The summed E-state index contributed by atoms with van der Waals surface area (Å²) in [6.07, 6.45) is 0. The standard InChI is InChI=1S/C26H23NO5/c1-3-30-19-13-11-18(12-14-19)25(29)26-24(21-9-4-5-10-22(21)32-26)27-23(28)16-31-20-8-6-7-17(2)15-20/h4-15H,3,16H2,1-2H3,(H,27,28). The Balaban J connectivity index is 1.58. The number of anilines is 1. The second kappa shape index (κ2) is 9.39. The Kier molecular flexibility index (Phi) is 6.22. The predicted molar refractivity (Wildman–Crippen MR) is 123 cm³/mol. The Hall–Kier alpha value is -4.06. The van der Waals surface area contributed by atoms with Gasteiger partial charge in [-0.25, -0.2) is 0 Å². The van der Waals surface area contributed by atoms with Crippen molar-refractivity contribution in [2.75, 3.05) is 18.5 Å². The minimum atomic E-state index is -0.390. The van der Waals surface area contributed by atoms with E-state index >= 15 is 0 Å². The van der Waals surface area contributed by atoms with Gasteiger partial charge in [0, 0.05) is 10.9 Å². The molecule has 1 N–H and O–H groups in total. The quantitative estimate of drug-likeness (QED) is 0.380. The van der Waals surface area contributed by atoms with Crippen LogP contribution in [-0.4, -0.2) is 24.9 Å². The van der Waals surface area contributed by atoms with Crippen LogP contribution < -0.4 is 14.8 Å². The highest BCUT2D eigenvalue weighted by Crippen LogP contribution is 2.32. The number of furan rings is 1. The van der Waals surface area contributed by atoms with Gasteiger partial charge in [-0.2, -0.15) is 0 Å². The van der Waals surface area contributed by atoms with E-state index in [9.17, 15) is 9.59 Å². The summed E-state index contributed by atoms with van der Waals surface area (Å²) in [5.41, 5.74) is 2.31. The Morgan fingerprint density at radius 2 is 1.69 bits per heavy atom. The van der Waals surface area contributed by atoms with E-state index in [-0.39, 0.29) is 24.1 Å². The van der Waals surface area contributed by atoms with Crippen molar-refractivity contribution >= 4 is 28.3 Å². The summed E-state index contributed by atoms with van der Waals surface area (Å²) in [6, 6.07) is 21.4. The van der Waals surface area contributed by atoms with Crippen LogP contribution in [0.15, 0.2) is 77.2 Å². The van der Waals surface area contributed by atoms with Gasteiger partial charge in [0.1, 0.15) is 17.1 Å². The molecule has 0 unspecified atom stereocenters. The molecule has 162 valence electrons. The van der Waals surface area contributed by atoms with Gasteiger partial charge in [0.05, 0.1) is 12.3 Å². The number of nitrogens with one attached hydrogen (secondary N) is 1. The summed E-state index contributed by atoms with van der Waals surface area (Å²) < 4.78 is 16.9. The summed E-state index contributed by atoms with van der Waals surface area (Å²) in [7, 11) is 0. The molecule has 0 saturated carbocycles. The number of amides is 1. The van der Waals surface area contributed by atoms with Crippen molar-refractivity contribution in [2.24, 2.45) is 0 Å². The Morgan fingerprint density at radius 3 is 2.44 bits per heavy atom. The van der Waals surface area contributed by atoms with Crippen LogP contribution in [0.4, 0.5) is 5.69 Å². The van der Waals surface area contributed by atoms with E-state index in [1.807, 2.05) is 44.2 Å². The van der Waals surface area contributed by atoms with E-state index in [4.69, 9.17) is 13.9 Å². The van der Waals surface area contributed by atoms with Crippen molar-refractivity contribution < 1.29 is 23.5 Å². The Bertz CT molecular complexity index is 1260. The molecule has 4 aromatic rings. The molecule has 0 spiro atoms. The van der Waals surface area contributed by atoms with Gasteiger partial charge in [0.15, 0.2) is 12.4 Å². The highest BCUT2D eigenvalue weighted by atomic mass is 16.5. The van der Waals surface area contributed by atoms with Crippen molar-refractivity contribution in [1.82, 2.24) is 0 Å². The summed E-state index contributed by atoms with van der Waals surface area (Å²) >= 11 is 0. The monoisotopic (exact) mass is 429 g/mol. The van der Waals surface area contributed by atoms with E-state index in [0.29, 0.717) is 40.3 Å². The highest BCUT2D eigenvalue weighted by Gasteiger charge is 2.23. The van der Waals surface area contributed by atoms with Crippen LogP contribution >= 0.6 is 0 Å². The van der Waals surface area contributed by atoms with Gasteiger partial charge in [0.25, 0.3) is 5.91 Å². The normalized spacial score (nSPS) is 10.7. The zero-order valence-corrected chi connectivity index (χ0v) is 17.9. The first kappa shape index (κ1) is 21.2. The average molecular weight is 429 g/mol. The lowest BCUT2D eigenvalue weighted by atomic mass is 10.1. The lowest BCUT2D eigenvalue weighted by Gasteiger charge is -2.09. The number of rotatable bonds is 8. The lowest BCUT2D eigenvalue weighted by molar-refractivity contribution is -0.118. The summed E-state index contributed by atoms with van der Waals surface area (Å²) in [6.45, 7) is 4.19. The smallest absolute Gasteiger partial charge is 0.262 e. The van der Waals surface area contributed by atoms with Crippen molar-refractivity contribution in [3.05, 3.63) is 89.7 Å². The van der Waals surface area contributed by atoms with Crippen molar-refractivity contribution in [1.29, 1.82) is 0 Å². The van der Waals surface area contributed by atoms with Crippen molar-refractivity contribution in [3.8, 4) is 11.5 Å². The van der Waals surface area contributed by atoms with Crippen LogP contribution in [0, 0.1) is 6.92 Å². The van der Waals surface area contributed by atoms with Gasteiger partial charge < -0.3 is 19.2 Å². The molecule has 6 heteroatoms. The largest absolute Gasteiger partial charge is 0.494 e. The van der Waals surface area contributed by atoms with Crippen molar-refractivity contribution in [3.63, 3.8) is 0 Å². The van der Waals surface area contributed by atoms with Crippen LogP contribution in [0.2, 0.25) is 0 Å². The molecular formula is C26H23NO5. The summed E-state index contributed by atoms with van der Waals surface area (Å²) in [5, 5.41) is 3.44. The number of ketones is 1. The second-order valence-corrected chi connectivity index (χ2v) is 7.24. The van der Waals surface area contributed by atoms with Gasteiger partial charge in [0.2, 0.25) is 5.78 Å². The summed E-state index contributed by atoms with van der Waals surface area (Å²) in [5.74, 6) is 0.621. The third-order valence-electron chi connectivity index (χ3n) is 4.85. The molecule has 0 aliphatic heterocycles. The van der Waals surface area contributed by atoms with Crippen molar-refractivity contribution in [2.45, 2.75) is 13.8 Å². The maximum absolute atomic E-state index is 13.2. The zero-order chi connectivity index (χ0) is 22.5. The fraction of sp³-hybridized carbons (Fsp3) is 0.154. The topological polar surface area (TPSA) is 77.8 Å². The fourth-order valence-electron chi connectivity index (χ4n) is 3.36. The number of carbonyl (C=O) groups is 2. The summed E-state index contributed by atoms with van der Waals surface area (Å²) in [4.78, 5) is 25.8. The van der Waals surface area contributed by atoms with Gasteiger partial charge in [-0.15, -0.1) is 0 Å². The number of benzene rings is 3. The SMILES string of the molecule is CCOc1ccc(C(=O)c2oc3ccccc3c2NC(=O)COc2cccc(C)c2)cc1. The molecule has 1 aromatic heterocycles. The van der Waals surface area contributed by atoms with E-state index in [2.05, 4.69) is 5.32 Å². The number of ether oxygens (including phenoxy) is 2. The molecule has 1 amide bonds. The van der Waals surface area contributed by atoms with Gasteiger partial charge in [-0.3, -0.25) is 9.59 Å². The second-order valence-electron chi connectivity index (χ2n) is 7.24. The molecule has 0 bridgehead atoms. The Labute approximate surface area is 185 Å². The Morgan fingerprint density at radius 1 is 0.906 bits per heavy atom. The van der Waals surface area contributed by atoms with E-state index < -0.39 is 0 Å². The average Bonchev–Trinajstić information content (AvgIpc) is 3.16. The van der Waals surface area contributed by atoms with Crippen LogP contribution in [0.5, 0.6) is 11.5 Å². The minimum Gasteiger partial charge on any atom is -0.494 e. The molecule has 4 rings (SSSR count). The van der Waals surface area contributed by atoms with Crippen LogP contribution in [0.25, 0.3) is 11.0 Å². The lowest BCUT2D eigenvalue weighted by Crippen LogP contribution is -2.21. The first-order valence-electron chi connectivity index (χ1n) is 10.3. The number of fused-ring (bicyclic) bond motifs is 1. The molecular weight excluding hydrogens is 406 g/mol. The number of hydrogen-bond acceptors (Lipinski definition) is 5. The third kappa shape index (κ3) is 4.64. The first-order valence-corrected chi connectivity index (χ1v) is 10.3. The number of aryl methyl sites for hydroxylation is 1. The van der Waals surface area contributed by atoms with Crippen LogP contribution in [-0.2, 0) is 4.79 Å². The molecule has 1 heterocycles. The highest BCUT2D eigenvalue weighted by molar-refractivity contribution is 6.17. The number of carbonyl (C=O) groups excluding carboxylic acids is 2. The molecule has 3 aromatic carbocycles. The molecule has 0 fully saturated rings. The molecule has 0 atom stereocenters. The zero-order valence-electron chi connectivity index (χ0n) is 17.9.